The van der Waals surface area contributed by atoms with E-state index >= 15 is 0 Å². The van der Waals surface area contributed by atoms with Gasteiger partial charge in [-0.3, -0.25) is 0 Å². The molecule has 6 rings (SSSR count). The monoisotopic (exact) mass is 474 g/mol. The Hall–Kier alpha value is -2.37. The molecule has 3 aromatic rings. The summed E-state index contributed by atoms with van der Waals surface area (Å²) in [5.74, 6) is 1.10. The topological polar surface area (TPSA) is 53.5 Å². The van der Waals surface area contributed by atoms with Gasteiger partial charge in [-0.25, -0.2) is 14.0 Å². The van der Waals surface area contributed by atoms with Crippen LogP contribution in [0.15, 0.2) is 36.8 Å². The molecule has 3 aliphatic rings. The van der Waals surface area contributed by atoms with Crippen molar-refractivity contribution in [2.24, 2.45) is 0 Å². The molecule has 0 aromatic carbocycles. The van der Waals surface area contributed by atoms with Crippen molar-refractivity contribution in [3.05, 3.63) is 53.9 Å². The van der Waals surface area contributed by atoms with Gasteiger partial charge >= 0.3 is 0 Å². The molecule has 6 heteroatoms. The molecule has 0 N–H and O–H groups in total. The van der Waals surface area contributed by atoms with Crippen molar-refractivity contribution in [3.63, 3.8) is 0 Å². The average Bonchev–Trinajstić information content (AvgIpc) is 3.71. The molecule has 0 aliphatic heterocycles. The standard InChI is InChI=1S/C29H42N6/c1-29(33-20-17-26(30-33)23-11-5-2-6-12-23,34-21-18-27(31-34)24-13-7-3-8-14-24)35-22-19-28(32-35)25-15-9-4-10-16-25/h17-25H,2-16H2,1H3. The second-order valence-electron chi connectivity index (χ2n) is 11.5. The molecular weight excluding hydrogens is 432 g/mol. The average molecular weight is 475 g/mol. The number of hydrogen-bond donors (Lipinski definition) is 0. The fourth-order valence-corrected chi connectivity index (χ4v) is 6.89. The second-order valence-corrected chi connectivity index (χ2v) is 11.5. The lowest BCUT2D eigenvalue weighted by molar-refractivity contribution is 0.137. The van der Waals surface area contributed by atoms with Gasteiger partial charge in [0, 0.05) is 43.3 Å². The van der Waals surface area contributed by atoms with Gasteiger partial charge in [-0.05, 0) is 56.7 Å². The molecule has 3 heterocycles. The van der Waals surface area contributed by atoms with Crippen molar-refractivity contribution in [2.75, 3.05) is 0 Å². The predicted octanol–water partition coefficient (Wildman–Crippen LogP) is 7.15. The molecule has 0 radical (unpaired) electrons. The molecule has 0 bridgehead atoms. The van der Waals surface area contributed by atoms with Crippen LogP contribution in [0.4, 0.5) is 0 Å². The molecule has 35 heavy (non-hydrogen) atoms. The van der Waals surface area contributed by atoms with E-state index in [0.717, 1.165) is 0 Å². The lowest BCUT2D eigenvalue weighted by Crippen LogP contribution is -2.46. The predicted molar refractivity (Wildman–Crippen MR) is 139 cm³/mol. The number of aromatic nitrogens is 6. The molecule has 3 aromatic heterocycles. The first-order chi connectivity index (χ1) is 17.2. The highest BCUT2D eigenvalue weighted by molar-refractivity contribution is 5.14. The molecule has 0 unspecified atom stereocenters. The molecule has 0 spiro atoms. The van der Waals surface area contributed by atoms with Crippen LogP contribution in [0.25, 0.3) is 0 Å². The van der Waals surface area contributed by atoms with Crippen LogP contribution < -0.4 is 0 Å². The molecule has 0 atom stereocenters. The molecule has 0 saturated heterocycles. The summed E-state index contributed by atoms with van der Waals surface area (Å²) < 4.78 is 6.35. The normalized spacial score (nSPS) is 21.5. The van der Waals surface area contributed by atoms with Crippen LogP contribution in [-0.2, 0) is 5.79 Å². The summed E-state index contributed by atoms with van der Waals surface area (Å²) in [5.41, 5.74) is 3.70. The Kier molecular flexibility index (Phi) is 6.55. The van der Waals surface area contributed by atoms with Gasteiger partial charge in [0.05, 0.1) is 17.1 Å². The first-order valence-electron chi connectivity index (χ1n) is 14.4. The lowest BCUT2D eigenvalue weighted by atomic mass is 9.87. The molecule has 3 aliphatic carbocycles. The van der Waals surface area contributed by atoms with Gasteiger partial charge in [-0.2, -0.15) is 15.3 Å². The van der Waals surface area contributed by atoms with Crippen LogP contribution in [0.1, 0.15) is 138 Å². The molecule has 3 saturated carbocycles. The zero-order valence-electron chi connectivity index (χ0n) is 21.5. The zero-order valence-corrected chi connectivity index (χ0v) is 21.5. The number of rotatable bonds is 6. The molecule has 3 fully saturated rings. The number of hydrogen-bond acceptors (Lipinski definition) is 3. The Morgan fingerprint density at radius 2 is 0.800 bits per heavy atom. The van der Waals surface area contributed by atoms with Crippen molar-refractivity contribution in [1.29, 1.82) is 0 Å². The van der Waals surface area contributed by atoms with E-state index in [2.05, 4.69) is 57.8 Å². The molecular formula is C29H42N6. The van der Waals surface area contributed by atoms with E-state index < -0.39 is 5.79 Å². The quantitative estimate of drug-likeness (QED) is 0.381. The Labute approximate surface area is 210 Å². The van der Waals surface area contributed by atoms with Gasteiger partial charge in [0.2, 0.25) is 5.79 Å². The van der Waals surface area contributed by atoms with Gasteiger partial charge in [0.1, 0.15) is 0 Å². The van der Waals surface area contributed by atoms with Gasteiger partial charge in [0.25, 0.3) is 0 Å². The van der Waals surface area contributed by atoms with E-state index in [0.29, 0.717) is 17.8 Å². The summed E-state index contributed by atoms with van der Waals surface area (Å²) in [6.07, 6.45) is 26.1. The maximum atomic E-state index is 5.20. The summed E-state index contributed by atoms with van der Waals surface area (Å²) in [6.45, 7) is 2.22. The minimum atomic E-state index is -0.646. The Morgan fingerprint density at radius 3 is 1.09 bits per heavy atom. The van der Waals surface area contributed by atoms with Crippen LogP contribution in [-0.4, -0.2) is 29.3 Å². The zero-order chi connectivity index (χ0) is 23.7. The minimum absolute atomic E-state index is 0.583. The van der Waals surface area contributed by atoms with Crippen LogP contribution in [0, 0.1) is 0 Å². The van der Waals surface area contributed by atoms with E-state index in [1.165, 1.54) is 113 Å². The third-order valence-electron chi connectivity index (χ3n) is 9.20. The molecule has 6 nitrogen and oxygen atoms in total. The van der Waals surface area contributed by atoms with Crippen molar-refractivity contribution in [2.45, 2.75) is 127 Å². The van der Waals surface area contributed by atoms with E-state index in [4.69, 9.17) is 15.3 Å². The summed E-state index contributed by atoms with van der Waals surface area (Å²) in [5, 5.41) is 15.6. The van der Waals surface area contributed by atoms with E-state index in [-0.39, 0.29) is 0 Å². The van der Waals surface area contributed by atoms with Gasteiger partial charge in [-0.1, -0.05) is 57.8 Å². The van der Waals surface area contributed by atoms with Crippen molar-refractivity contribution < 1.29 is 0 Å². The summed E-state index contributed by atoms with van der Waals surface area (Å²) in [7, 11) is 0. The van der Waals surface area contributed by atoms with Crippen LogP contribution in [0.3, 0.4) is 0 Å². The fraction of sp³-hybridized carbons (Fsp3) is 0.690. The van der Waals surface area contributed by atoms with Crippen molar-refractivity contribution in [1.82, 2.24) is 29.3 Å². The molecule has 0 amide bonds. The number of nitrogens with zero attached hydrogens (tertiary/aromatic N) is 6. The maximum Gasteiger partial charge on any atom is 0.245 e. The highest BCUT2D eigenvalue weighted by atomic mass is 15.6. The smallest absolute Gasteiger partial charge is 0.225 e. The van der Waals surface area contributed by atoms with Crippen LogP contribution in [0.5, 0.6) is 0 Å². The summed E-state index contributed by atoms with van der Waals surface area (Å²) in [4.78, 5) is 0. The highest BCUT2D eigenvalue weighted by Gasteiger charge is 2.36. The maximum absolute atomic E-state index is 5.20. The van der Waals surface area contributed by atoms with Gasteiger partial charge in [-0.15, -0.1) is 0 Å². The SMILES string of the molecule is CC(n1ccc(C2CCCCC2)n1)(n1ccc(C2CCCCC2)n1)n1ccc(C2CCCCC2)n1. The second kappa shape index (κ2) is 9.94. The van der Waals surface area contributed by atoms with Crippen molar-refractivity contribution in [3.8, 4) is 0 Å². The van der Waals surface area contributed by atoms with Gasteiger partial charge < -0.3 is 0 Å². The highest BCUT2D eigenvalue weighted by Crippen LogP contribution is 2.36. The van der Waals surface area contributed by atoms with E-state index in [1.807, 2.05) is 0 Å². The summed E-state index contributed by atoms with van der Waals surface area (Å²) in [6, 6.07) is 6.72. The fourth-order valence-electron chi connectivity index (χ4n) is 6.89. The third kappa shape index (κ3) is 4.49. The van der Waals surface area contributed by atoms with Crippen molar-refractivity contribution >= 4 is 0 Å². The Balaban J connectivity index is 1.37. The Bertz CT molecular complexity index is 952. The largest absolute Gasteiger partial charge is 0.245 e. The van der Waals surface area contributed by atoms with E-state index in [9.17, 15) is 0 Å². The third-order valence-corrected chi connectivity index (χ3v) is 9.20. The Morgan fingerprint density at radius 1 is 0.514 bits per heavy atom. The van der Waals surface area contributed by atoms with Gasteiger partial charge in [0.15, 0.2) is 0 Å². The lowest BCUT2D eigenvalue weighted by Gasteiger charge is -2.32. The van der Waals surface area contributed by atoms with E-state index in [1.54, 1.807) is 0 Å². The van der Waals surface area contributed by atoms with Crippen LogP contribution in [0.2, 0.25) is 0 Å². The minimum Gasteiger partial charge on any atom is -0.225 e. The summed E-state index contributed by atoms with van der Waals surface area (Å²) >= 11 is 0. The van der Waals surface area contributed by atoms with Crippen LogP contribution >= 0.6 is 0 Å². The first-order valence-corrected chi connectivity index (χ1v) is 14.4. The molecule has 188 valence electrons. The first kappa shape index (κ1) is 23.1.